The Morgan fingerprint density at radius 2 is 1.96 bits per heavy atom. The zero-order chi connectivity index (χ0) is 16.8. The second-order valence-electron chi connectivity index (χ2n) is 4.77. The average molecular weight is 322 g/mol. The van der Waals surface area contributed by atoms with Gasteiger partial charge in [-0.05, 0) is 48.4 Å². The number of benzene rings is 2. The van der Waals surface area contributed by atoms with Gasteiger partial charge in [-0.2, -0.15) is 10.5 Å². The molecule has 1 N–H and O–H groups in total. The number of nitrogens with zero attached hydrogens (tertiary/aromatic N) is 2. The predicted octanol–water partition coefficient (Wildman–Crippen LogP) is 4.07. The van der Waals surface area contributed by atoms with E-state index in [9.17, 15) is 10.1 Å². The van der Waals surface area contributed by atoms with Gasteiger partial charge in [0.05, 0.1) is 11.6 Å². The summed E-state index contributed by atoms with van der Waals surface area (Å²) in [6.45, 7) is 1.78. The summed E-state index contributed by atoms with van der Waals surface area (Å²) in [6, 6.07) is 15.7. The maximum absolute atomic E-state index is 12.3. The molecule has 4 nitrogen and oxygen atoms in total. The summed E-state index contributed by atoms with van der Waals surface area (Å²) >= 11 is 6.01. The van der Waals surface area contributed by atoms with Crippen molar-refractivity contribution in [3.05, 3.63) is 69.8 Å². The van der Waals surface area contributed by atoms with Crippen LogP contribution in [0.2, 0.25) is 5.02 Å². The highest BCUT2D eigenvalue weighted by Crippen LogP contribution is 2.23. The third kappa shape index (κ3) is 3.97. The van der Waals surface area contributed by atoms with Crippen LogP contribution in [0.15, 0.2) is 48.0 Å². The summed E-state index contributed by atoms with van der Waals surface area (Å²) < 4.78 is 0. The van der Waals surface area contributed by atoms with Crippen LogP contribution < -0.4 is 5.32 Å². The molecule has 0 spiro atoms. The van der Waals surface area contributed by atoms with Gasteiger partial charge >= 0.3 is 0 Å². The van der Waals surface area contributed by atoms with E-state index in [0.717, 1.165) is 5.56 Å². The van der Waals surface area contributed by atoms with Crippen LogP contribution in [0.1, 0.15) is 16.7 Å². The lowest BCUT2D eigenvalue weighted by atomic mass is 10.1. The quantitative estimate of drug-likeness (QED) is 0.684. The minimum Gasteiger partial charge on any atom is -0.321 e. The largest absolute Gasteiger partial charge is 0.321 e. The molecular weight excluding hydrogens is 310 g/mol. The van der Waals surface area contributed by atoms with Crippen molar-refractivity contribution in [2.75, 3.05) is 5.32 Å². The van der Waals surface area contributed by atoms with Crippen LogP contribution in [0.5, 0.6) is 0 Å². The van der Waals surface area contributed by atoms with Crippen molar-refractivity contribution < 1.29 is 4.79 Å². The predicted molar refractivity (Wildman–Crippen MR) is 89.6 cm³/mol. The first-order chi connectivity index (χ1) is 11.0. The van der Waals surface area contributed by atoms with Gasteiger partial charge in [0.2, 0.25) is 0 Å². The summed E-state index contributed by atoms with van der Waals surface area (Å²) in [7, 11) is 0. The van der Waals surface area contributed by atoms with E-state index in [1.54, 1.807) is 49.4 Å². The molecule has 0 saturated heterocycles. The van der Waals surface area contributed by atoms with E-state index in [4.69, 9.17) is 16.9 Å². The van der Waals surface area contributed by atoms with Crippen LogP contribution in [-0.4, -0.2) is 5.91 Å². The Bertz CT molecular complexity index is 873. The number of rotatable bonds is 3. The van der Waals surface area contributed by atoms with E-state index in [0.29, 0.717) is 21.8 Å². The summed E-state index contributed by atoms with van der Waals surface area (Å²) in [5, 5.41) is 21.3. The third-order valence-corrected chi connectivity index (χ3v) is 3.62. The van der Waals surface area contributed by atoms with Crippen LogP contribution in [0.25, 0.3) is 6.08 Å². The number of nitrogens with one attached hydrogen (secondary N) is 1. The second-order valence-corrected chi connectivity index (χ2v) is 5.18. The van der Waals surface area contributed by atoms with Gasteiger partial charge in [-0.1, -0.05) is 29.8 Å². The Balaban J connectivity index is 2.28. The average Bonchev–Trinajstić information content (AvgIpc) is 2.57. The van der Waals surface area contributed by atoms with Crippen molar-refractivity contribution in [1.82, 2.24) is 0 Å². The number of amides is 1. The molecule has 5 heteroatoms. The molecule has 0 aromatic heterocycles. The molecule has 0 aliphatic carbocycles. The highest BCUT2D eigenvalue weighted by molar-refractivity contribution is 6.31. The molecule has 112 valence electrons. The number of halogens is 1. The minimum atomic E-state index is -0.528. The van der Waals surface area contributed by atoms with Gasteiger partial charge in [0.25, 0.3) is 5.91 Å². The first-order valence-electron chi connectivity index (χ1n) is 6.73. The van der Waals surface area contributed by atoms with Gasteiger partial charge < -0.3 is 5.32 Å². The zero-order valence-electron chi connectivity index (χ0n) is 12.3. The molecule has 1 amide bonds. The standard InChI is InChI=1S/C18H12ClN3O/c1-12-16(19)6-3-7-17(12)22-18(23)15(11-21)9-13-4-2-5-14(8-13)10-20/h2-9H,1H3,(H,22,23)/b15-9+. The van der Waals surface area contributed by atoms with E-state index in [1.165, 1.54) is 6.08 Å². The smallest absolute Gasteiger partial charge is 0.266 e. The molecule has 23 heavy (non-hydrogen) atoms. The van der Waals surface area contributed by atoms with Crippen molar-refractivity contribution in [3.8, 4) is 12.1 Å². The molecule has 0 unspecified atom stereocenters. The van der Waals surface area contributed by atoms with E-state index in [-0.39, 0.29) is 5.57 Å². The lowest BCUT2D eigenvalue weighted by molar-refractivity contribution is -0.112. The van der Waals surface area contributed by atoms with E-state index < -0.39 is 5.91 Å². The Labute approximate surface area is 139 Å². The van der Waals surface area contributed by atoms with Crippen LogP contribution in [0.3, 0.4) is 0 Å². The second kappa shape index (κ2) is 7.26. The summed E-state index contributed by atoms with van der Waals surface area (Å²) in [4.78, 5) is 12.3. The van der Waals surface area contributed by atoms with Crippen LogP contribution in [0, 0.1) is 29.6 Å². The molecule has 2 aromatic carbocycles. The molecule has 2 rings (SSSR count). The van der Waals surface area contributed by atoms with Crippen LogP contribution >= 0.6 is 11.6 Å². The van der Waals surface area contributed by atoms with Gasteiger partial charge in [0.1, 0.15) is 11.6 Å². The normalized spacial score (nSPS) is 10.5. The minimum absolute atomic E-state index is 0.0561. The molecule has 0 saturated carbocycles. The lowest BCUT2D eigenvalue weighted by Gasteiger charge is -2.08. The molecule has 2 aromatic rings. The number of carbonyl (C=O) groups excluding carboxylic acids is 1. The lowest BCUT2D eigenvalue weighted by Crippen LogP contribution is -2.14. The van der Waals surface area contributed by atoms with Gasteiger partial charge in [-0.15, -0.1) is 0 Å². The molecular formula is C18H12ClN3O. The number of hydrogen-bond donors (Lipinski definition) is 1. The van der Waals surface area contributed by atoms with Gasteiger partial charge in [0.15, 0.2) is 0 Å². The fourth-order valence-electron chi connectivity index (χ4n) is 1.95. The summed E-state index contributed by atoms with van der Waals surface area (Å²) in [5.74, 6) is -0.528. The first-order valence-corrected chi connectivity index (χ1v) is 7.11. The van der Waals surface area contributed by atoms with Crippen molar-refractivity contribution in [1.29, 1.82) is 10.5 Å². The highest BCUT2D eigenvalue weighted by atomic mass is 35.5. The molecule has 0 heterocycles. The van der Waals surface area contributed by atoms with Gasteiger partial charge in [0, 0.05) is 10.7 Å². The van der Waals surface area contributed by atoms with Crippen LogP contribution in [0.4, 0.5) is 5.69 Å². The monoisotopic (exact) mass is 321 g/mol. The fourth-order valence-corrected chi connectivity index (χ4v) is 2.12. The van der Waals surface area contributed by atoms with E-state index in [1.807, 2.05) is 12.1 Å². The maximum Gasteiger partial charge on any atom is 0.266 e. The Hall–Kier alpha value is -3.08. The highest BCUT2D eigenvalue weighted by Gasteiger charge is 2.12. The number of hydrogen-bond acceptors (Lipinski definition) is 3. The van der Waals surface area contributed by atoms with Gasteiger partial charge in [-0.25, -0.2) is 0 Å². The first kappa shape index (κ1) is 16.3. The Kier molecular flexibility index (Phi) is 5.15. The van der Waals surface area contributed by atoms with Crippen molar-refractivity contribution in [2.24, 2.45) is 0 Å². The fraction of sp³-hybridized carbons (Fsp3) is 0.0556. The molecule has 0 aliphatic rings. The summed E-state index contributed by atoms with van der Waals surface area (Å²) in [5.41, 5.74) is 2.29. The van der Waals surface area contributed by atoms with Crippen molar-refractivity contribution in [3.63, 3.8) is 0 Å². The summed E-state index contributed by atoms with van der Waals surface area (Å²) in [6.07, 6.45) is 1.44. The number of nitriles is 2. The molecule has 0 radical (unpaired) electrons. The number of anilines is 1. The van der Waals surface area contributed by atoms with Gasteiger partial charge in [-0.3, -0.25) is 4.79 Å². The van der Waals surface area contributed by atoms with E-state index >= 15 is 0 Å². The number of carbonyl (C=O) groups is 1. The molecule has 0 fully saturated rings. The van der Waals surface area contributed by atoms with Crippen molar-refractivity contribution in [2.45, 2.75) is 6.92 Å². The van der Waals surface area contributed by atoms with Crippen LogP contribution in [-0.2, 0) is 4.79 Å². The van der Waals surface area contributed by atoms with E-state index in [2.05, 4.69) is 5.32 Å². The SMILES string of the molecule is Cc1c(Cl)cccc1NC(=O)/C(C#N)=C/c1cccc(C#N)c1. The molecule has 0 bridgehead atoms. The Morgan fingerprint density at radius 1 is 1.22 bits per heavy atom. The Morgan fingerprint density at radius 3 is 2.65 bits per heavy atom. The maximum atomic E-state index is 12.3. The van der Waals surface area contributed by atoms with Crippen molar-refractivity contribution >= 4 is 29.3 Å². The third-order valence-electron chi connectivity index (χ3n) is 3.21. The zero-order valence-corrected chi connectivity index (χ0v) is 13.1. The molecule has 0 atom stereocenters. The molecule has 0 aliphatic heterocycles. The topological polar surface area (TPSA) is 76.7 Å².